The van der Waals surface area contributed by atoms with Gasteiger partial charge in [0.25, 0.3) is 0 Å². The maximum absolute atomic E-state index is 12.9. The van der Waals surface area contributed by atoms with Crippen LogP contribution in [0.1, 0.15) is 38.7 Å². The molecule has 0 spiro atoms. The van der Waals surface area contributed by atoms with E-state index in [0.29, 0.717) is 32.1 Å². The lowest BCUT2D eigenvalue weighted by Gasteiger charge is -2.33. The molecule has 1 heterocycles. The zero-order valence-corrected chi connectivity index (χ0v) is 17.5. The largest absolute Gasteiger partial charge is 0.450 e. The Morgan fingerprint density at radius 3 is 2.25 bits per heavy atom. The fourth-order valence-corrected chi connectivity index (χ4v) is 4.43. The standard InChI is InChI=1S/C19H29N3O5S/c1-4-15(3)16-6-8-17(9-7-16)28(25,26)22-12-10-21(11-13-22)14-18(23)20-19(24)27-5-2/h6-9,15H,4-5,10-14H2,1-3H3,(H,20,23,24)/t15-/m1/s1. The third-order valence-electron chi connectivity index (χ3n) is 4.91. The van der Waals surface area contributed by atoms with Gasteiger partial charge in [-0.2, -0.15) is 4.31 Å². The Morgan fingerprint density at radius 1 is 1.11 bits per heavy atom. The van der Waals surface area contributed by atoms with Crippen LogP contribution in [0, 0.1) is 0 Å². The molecule has 1 aromatic rings. The van der Waals surface area contributed by atoms with Crippen LogP contribution >= 0.6 is 0 Å². The molecule has 156 valence electrons. The minimum absolute atomic E-state index is 0.0241. The summed E-state index contributed by atoms with van der Waals surface area (Å²) in [5, 5.41) is 2.14. The van der Waals surface area contributed by atoms with Crippen LogP contribution in [0.15, 0.2) is 29.2 Å². The number of sulfonamides is 1. The first kappa shape index (κ1) is 22.3. The molecule has 0 unspecified atom stereocenters. The summed E-state index contributed by atoms with van der Waals surface area (Å²) >= 11 is 0. The third-order valence-corrected chi connectivity index (χ3v) is 6.83. The summed E-state index contributed by atoms with van der Waals surface area (Å²) in [7, 11) is -3.56. The van der Waals surface area contributed by atoms with Gasteiger partial charge in [-0.1, -0.05) is 26.0 Å². The average molecular weight is 412 g/mol. The zero-order chi connectivity index (χ0) is 20.7. The van der Waals surface area contributed by atoms with Crippen molar-refractivity contribution in [3.8, 4) is 0 Å². The smallest absolute Gasteiger partial charge is 0.413 e. The van der Waals surface area contributed by atoms with Gasteiger partial charge >= 0.3 is 6.09 Å². The van der Waals surface area contributed by atoms with Crippen molar-refractivity contribution in [1.29, 1.82) is 0 Å². The quantitative estimate of drug-likeness (QED) is 0.735. The Kier molecular flexibility index (Phi) is 7.97. The third kappa shape index (κ3) is 5.76. The van der Waals surface area contributed by atoms with Gasteiger partial charge in [0, 0.05) is 26.2 Å². The first-order chi connectivity index (χ1) is 13.3. The number of hydrogen-bond acceptors (Lipinski definition) is 6. The average Bonchev–Trinajstić information content (AvgIpc) is 2.68. The number of piperazine rings is 1. The molecule has 0 saturated carbocycles. The van der Waals surface area contributed by atoms with Gasteiger partial charge in [0.15, 0.2) is 0 Å². The fraction of sp³-hybridized carbons (Fsp3) is 0.579. The lowest BCUT2D eigenvalue weighted by molar-refractivity contribution is -0.121. The van der Waals surface area contributed by atoms with E-state index in [1.807, 2.05) is 17.0 Å². The minimum Gasteiger partial charge on any atom is -0.450 e. The summed E-state index contributed by atoms with van der Waals surface area (Å²) in [5.74, 6) is -0.0727. The van der Waals surface area contributed by atoms with E-state index >= 15 is 0 Å². The molecule has 0 aromatic heterocycles. The van der Waals surface area contributed by atoms with Crippen LogP contribution in [0.5, 0.6) is 0 Å². The highest BCUT2D eigenvalue weighted by atomic mass is 32.2. The number of hydrogen-bond donors (Lipinski definition) is 1. The number of ether oxygens (including phenoxy) is 1. The maximum atomic E-state index is 12.9. The minimum atomic E-state index is -3.56. The highest BCUT2D eigenvalue weighted by Crippen LogP contribution is 2.23. The second-order valence-corrected chi connectivity index (χ2v) is 8.77. The first-order valence-electron chi connectivity index (χ1n) is 9.57. The molecule has 0 bridgehead atoms. The Hall–Kier alpha value is -1.97. The zero-order valence-electron chi connectivity index (χ0n) is 16.7. The summed E-state index contributed by atoms with van der Waals surface area (Å²) in [6, 6.07) is 7.07. The molecule has 2 amide bonds. The van der Waals surface area contributed by atoms with E-state index in [4.69, 9.17) is 0 Å². The topological polar surface area (TPSA) is 96.0 Å². The highest BCUT2D eigenvalue weighted by Gasteiger charge is 2.29. The van der Waals surface area contributed by atoms with E-state index in [1.165, 1.54) is 4.31 Å². The summed E-state index contributed by atoms with van der Waals surface area (Å²) in [6.07, 6.45) is 0.229. The van der Waals surface area contributed by atoms with E-state index in [-0.39, 0.29) is 18.0 Å². The van der Waals surface area contributed by atoms with Crippen LogP contribution in [-0.4, -0.2) is 69.0 Å². The molecular weight excluding hydrogens is 382 g/mol. The van der Waals surface area contributed by atoms with Gasteiger partial charge in [-0.25, -0.2) is 13.2 Å². The number of alkyl carbamates (subject to hydrolysis) is 1. The predicted molar refractivity (Wildman–Crippen MR) is 106 cm³/mol. The van der Waals surface area contributed by atoms with Gasteiger partial charge in [-0.15, -0.1) is 0 Å². The van der Waals surface area contributed by atoms with Crippen LogP contribution in [0.3, 0.4) is 0 Å². The lowest BCUT2D eigenvalue weighted by Crippen LogP contribution is -2.51. The second kappa shape index (κ2) is 9.99. The number of benzene rings is 1. The molecule has 9 heteroatoms. The van der Waals surface area contributed by atoms with E-state index < -0.39 is 22.0 Å². The Bertz CT molecular complexity index is 771. The van der Waals surface area contributed by atoms with Gasteiger partial charge in [0.05, 0.1) is 18.0 Å². The van der Waals surface area contributed by atoms with Crippen LogP contribution in [-0.2, 0) is 19.6 Å². The van der Waals surface area contributed by atoms with E-state index in [0.717, 1.165) is 12.0 Å². The molecule has 1 aliphatic rings. The Morgan fingerprint density at radius 2 is 1.71 bits per heavy atom. The summed E-state index contributed by atoms with van der Waals surface area (Å²) in [6.45, 7) is 7.50. The molecule has 1 fully saturated rings. The van der Waals surface area contributed by atoms with Gasteiger partial charge in [0.1, 0.15) is 0 Å². The van der Waals surface area contributed by atoms with E-state index in [9.17, 15) is 18.0 Å². The summed E-state index contributed by atoms with van der Waals surface area (Å²) in [4.78, 5) is 25.2. The predicted octanol–water partition coefficient (Wildman–Crippen LogP) is 1.78. The van der Waals surface area contributed by atoms with Crippen molar-refractivity contribution in [2.24, 2.45) is 0 Å². The molecule has 1 saturated heterocycles. The molecule has 0 radical (unpaired) electrons. The number of rotatable bonds is 7. The van der Waals surface area contributed by atoms with Crippen molar-refractivity contribution < 1.29 is 22.7 Å². The summed E-state index contributed by atoms with van der Waals surface area (Å²) in [5.41, 5.74) is 1.12. The van der Waals surface area contributed by atoms with Crippen molar-refractivity contribution >= 4 is 22.0 Å². The van der Waals surface area contributed by atoms with Crippen molar-refractivity contribution in [3.63, 3.8) is 0 Å². The van der Waals surface area contributed by atoms with Gasteiger partial charge in [0.2, 0.25) is 15.9 Å². The molecule has 28 heavy (non-hydrogen) atoms. The molecule has 1 atom stereocenters. The SMILES string of the molecule is CCOC(=O)NC(=O)CN1CCN(S(=O)(=O)c2ccc([C@H](C)CC)cc2)CC1. The van der Waals surface area contributed by atoms with Crippen LogP contribution in [0.25, 0.3) is 0 Å². The monoisotopic (exact) mass is 411 g/mol. The van der Waals surface area contributed by atoms with Crippen molar-refractivity contribution in [3.05, 3.63) is 29.8 Å². The Balaban J connectivity index is 1.91. The number of imide groups is 1. The molecule has 0 aliphatic carbocycles. The van der Waals surface area contributed by atoms with Crippen molar-refractivity contribution in [2.75, 3.05) is 39.3 Å². The molecule has 1 N–H and O–H groups in total. The second-order valence-electron chi connectivity index (χ2n) is 6.83. The number of carbonyl (C=O) groups excluding carboxylic acids is 2. The number of nitrogens with zero attached hydrogens (tertiary/aromatic N) is 2. The molecular formula is C19H29N3O5S. The first-order valence-corrected chi connectivity index (χ1v) is 11.0. The van der Waals surface area contributed by atoms with Crippen molar-refractivity contribution in [2.45, 2.75) is 38.0 Å². The van der Waals surface area contributed by atoms with Crippen LogP contribution < -0.4 is 5.32 Å². The molecule has 1 aromatic carbocycles. The highest BCUT2D eigenvalue weighted by molar-refractivity contribution is 7.89. The molecule has 8 nitrogen and oxygen atoms in total. The van der Waals surface area contributed by atoms with Gasteiger partial charge in [-0.3, -0.25) is 15.0 Å². The van der Waals surface area contributed by atoms with Gasteiger partial charge in [-0.05, 0) is 37.0 Å². The molecule has 2 rings (SSSR count). The lowest BCUT2D eigenvalue weighted by atomic mass is 9.99. The number of carbonyl (C=O) groups is 2. The normalized spacial score (nSPS) is 17.1. The van der Waals surface area contributed by atoms with Crippen molar-refractivity contribution in [1.82, 2.24) is 14.5 Å². The van der Waals surface area contributed by atoms with Gasteiger partial charge < -0.3 is 4.74 Å². The number of nitrogens with one attached hydrogen (secondary N) is 1. The Labute approximate surface area is 166 Å². The summed E-state index contributed by atoms with van der Waals surface area (Å²) < 4.78 is 31.8. The maximum Gasteiger partial charge on any atom is 0.413 e. The van der Waals surface area contributed by atoms with E-state index in [1.54, 1.807) is 19.1 Å². The number of amides is 2. The van der Waals surface area contributed by atoms with Crippen LogP contribution in [0.4, 0.5) is 4.79 Å². The van der Waals surface area contributed by atoms with E-state index in [2.05, 4.69) is 23.9 Å². The molecule has 1 aliphatic heterocycles. The van der Waals surface area contributed by atoms with Crippen LogP contribution in [0.2, 0.25) is 0 Å². The fourth-order valence-electron chi connectivity index (χ4n) is 3.00.